The van der Waals surface area contributed by atoms with Crippen LogP contribution in [0, 0.1) is 0 Å². The van der Waals surface area contributed by atoms with Crippen molar-refractivity contribution >= 4 is 28.6 Å². The Morgan fingerprint density at radius 2 is 1.77 bits per heavy atom. The van der Waals surface area contributed by atoms with Crippen molar-refractivity contribution in [1.29, 1.82) is 0 Å². The maximum Gasteiger partial charge on any atom is 0.490 e. The van der Waals surface area contributed by atoms with Gasteiger partial charge in [-0.15, -0.1) is 0 Å². The van der Waals surface area contributed by atoms with Crippen LogP contribution in [0.4, 0.5) is 18.9 Å². The van der Waals surface area contributed by atoms with Gasteiger partial charge in [0.15, 0.2) is 0 Å². The number of aromatic amines is 1. The smallest absolute Gasteiger partial charge is 0.475 e. The average molecular weight is 493 g/mol. The van der Waals surface area contributed by atoms with E-state index in [1.165, 1.54) is 5.69 Å². The minimum Gasteiger partial charge on any atom is -0.475 e. The van der Waals surface area contributed by atoms with Gasteiger partial charge in [0.05, 0.1) is 11.0 Å². The molecular weight excluding hydrogens is 467 g/mol. The van der Waals surface area contributed by atoms with E-state index >= 15 is 0 Å². The number of alkyl halides is 3. The lowest BCUT2D eigenvalue weighted by Gasteiger charge is -2.37. The second-order valence-electron chi connectivity index (χ2n) is 8.05. The Balaban J connectivity index is 0.000000429. The zero-order valence-corrected chi connectivity index (χ0v) is 19.2. The summed E-state index contributed by atoms with van der Waals surface area (Å²) in [5.74, 6) is -2.76. The number of H-pyrrole nitrogens is 1. The number of rotatable bonds is 4. The van der Waals surface area contributed by atoms with Crippen LogP contribution in [0.5, 0.6) is 0 Å². The Hall–Kier alpha value is -3.83. The van der Waals surface area contributed by atoms with E-state index in [-0.39, 0.29) is 17.6 Å². The Morgan fingerprint density at radius 1 is 1.17 bits per heavy atom. The molecule has 0 aliphatic carbocycles. The van der Waals surface area contributed by atoms with Gasteiger partial charge >= 0.3 is 17.8 Å². The van der Waals surface area contributed by atoms with Gasteiger partial charge in [-0.3, -0.25) is 14.3 Å². The second kappa shape index (κ2) is 10.6. The first-order chi connectivity index (χ1) is 16.5. The number of carbonyl (C=O) groups is 2. The van der Waals surface area contributed by atoms with Crippen molar-refractivity contribution < 1.29 is 27.9 Å². The number of nitrogens with one attached hydrogen (secondary N) is 1. The molecule has 0 spiro atoms. The topological polar surface area (TPSA) is 112 Å². The molecule has 1 fully saturated rings. The molecule has 1 aliphatic heterocycles. The number of halogens is 3. The second-order valence-corrected chi connectivity index (χ2v) is 8.05. The molecule has 0 unspecified atom stereocenters. The number of imidazole rings is 1. The van der Waals surface area contributed by atoms with E-state index in [1.54, 1.807) is 10.6 Å². The summed E-state index contributed by atoms with van der Waals surface area (Å²) in [5, 5.41) is 7.12. The van der Waals surface area contributed by atoms with Crippen LogP contribution >= 0.6 is 0 Å². The number of benzene rings is 1. The van der Waals surface area contributed by atoms with Gasteiger partial charge in [0.25, 0.3) is 5.91 Å². The Bertz CT molecular complexity index is 1230. The fourth-order valence-corrected chi connectivity index (χ4v) is 4.05. The summed E-state index contributed by atoms with van der Waals surface area (Å²) in [4.78, 5) is 45.0. The van der Waals surface area contributed by atoms with Crippen molar-refractivity contribution in [3.8, 4) is 0 Å². The van der Waals surface area contributed by atoms with E-state index < -0.39 is 12.1 Å². The highest BCUT2D eigenvalue weighted by atomic mass is 19.4. The molecule has 0 bridgehead atoms. The normalized spacial score (nSPS) is 14.4. The number of amides is 1. The lowest BCUT2D eigenvalue weighted by atomic mass is 10.0. The molecule has 188 valence electrons. The van der Waals surface area contributed by atoms with Gasteiger partial charge in [-0.25, -0.2) is 9.59 Å². The SMILES string of the molecule is CCn1c(=O)[nH]c2cc(C(=O)N(C)C3CCN(c4ccncc4)CC3)ccc21.O=C(O)C(F)(F)F. The predicted octanol–water partition coefficient (Wildman–Crippen LogP) is 3.12. The predicted molar refractivity (Wildman–Crippen MR) is 123 cm³/mol. The molecule has 0 radical (unpaired) electrons. The summed E-state index contributed by atoms with van der Waals surface area (Å²) in [6, 6.07) is 9.70. The van der Waals surface area contributed by atoms with Gasteiger partial charge in [-0.05, 0) is 50.1 Å². The summed E-state index contributed by atoms with van der Waals surface area (Å²) in [5.41, 5.74) is 3.18. The van der Waals surface area contributed by atoms with Crippen molar-refractivity contribution in [3.63, 3.8) is 0 Å². The number of pyridine rings is 1. The van der Waals surface area contributed by atoms with E-state index in [0.717, 1.165) is 31.4 Å². The van der Waals surface area contributed by atoms with Crippen LogP contribution in [0.15, 0.2) is 47.5 Å². The number of carboxylic acid groups (broad SMARTS) is 1. The van der Waals surface area contributed by atoms with Crippen molar-refractivity contribution in [1.82, 2.24) is 19.4 Å². The molecule has 1 saturated heterocycles. The van der Waals surface area contributed by atoms with Crippen molar-refractivity contribution in [2.45, 2.75) is 38.5 Å². The summed E-state index contributed by atoms with van der Waals surface area (Å²) in [6.07, 6.45) is 0.387. The van der Waals surface area contributed by atoms with Crippen LogP contribution in [0.25, 0.3) is 11.0 Å². The molecule has 0 saturated carbocycles. The summed E-state index contributed by atoms with van der Waals surface area (Å²) < 4.78 is 33.4. The molecule has 1 amide bonds. The summed E-state index contributed by atoms with van der Waals surface area (Å²) in [6.45, 7) is 4.36. The van der Waals surface area contributed by atoms with Crippen molar-refractivity contribution in [3.05, 3.63) is 58.8 Å². The first-order valence-corrected chi connectivity index (χ1v) is 11.0. The van der Waals surface area contributed by atoms with Gasteiger partial charge in [-0.2, -0.15) is 13.2 Å². The number of nitrogens with zero attached hydrogens (tertiary/aromatic N) is 4. The van der Waals surface area contributed by atoms with E-state index in [4.69, 9.17) is 9.90 Å². The highest BCUT2D eigenvalue weighted by molar-refractivity contribution is 5.97. The van der Waals surface area contributed by atoms with Crippen LogP contribution in [0.1, 0.15) is 30.1 Å². The number of hydrogen-bond donors (Lipinski definition) is 2. The van der Waals surface area contributed by atoms with Crippen LogP contribution in [0.3, 0.4) is 0 Å². The first kappa shape index (κ1) is 25.8. The van der Waals surface area contributed by atoms with Crippen LogP contribution < -0.4 is 10.6 Å². The standard InChI is InChI=1S/C21H25N5O2.C2HF3O2/c1-3-26-19-5-4-15(14-18(19)23-21(26)28)20(27)24(2)16-8-12-25(13-9-16)17-6-10-22-11-7-17;3-2(4,5)1(6)7/h4-7,10-11,14,16H,3,8-9,12-13H2,1-2H3,(H,23,28);(H,6,7). The van der Waals surface area contributed by atoms with E-state index in [0.29, 0.717) is 17.6 Å². The summed E-state index contributed by atoms with van der Waals surface area (Å²) in [7, 11) is 1.87. The minimum absolute atomic E-state index is 0.00522. The number of aliphatic carboxylic acids is 1. The molecular formula is C23H26F3N5O4. The maximum atomic E-state index is 13.0. The fraction of sp³-hybridized carbons (Fsp3) is 0.391. The Kier molecular flexibility index (Phi) is 7.82. The van der Waals surface area contributed by atoms with Gasteiger partial charge in [-0.1, -0.05) is 0 Å². The number of piperidine rings is 1. The maximum absolute atomic E-state index is 13.0. The molecule has 35 heavy (non-hydrogen) atoms. The van der Waals surface area contributed by atoms with Gasteiger partial charge in [0.2, 0.25) is 0 Å². The zero-order valence-electron chi connectivity index (χ0n) is 19.2. The number of anilines is 1. The molecule has 3 aromatic rings. The third kappa shape index (κ3) is 6.00. The Labute approximate surface area is 198 Å². The number of aromatic nitrogens is 3. The number of hydrogen-bond acceptors (Lipinski definition) is 5. The van der Waals surface area contributed by atoms with Gasteiger partial charge < -0.3 is 19.9 Å². The quantitative estimate of drug-likeness (QED) is 0.578. The van der Waals surface area contributed by atoms with Crippen molar-refractivity contribution in [2.75, 3.05) is 25.0 Å². The Morgan fingerprint density at radius 3 is 2.31 bits per heavy atom. The molecule has 2 aromatic heterocycles. The fourth-order valence-electron chi connectivity index (χ4n) is 4.05. The number of carbonyl (C=O) groups excluding carboxylic acids is 1. The van der Waals surface area contributed by atoms with Crippen LogP contribution in [0.2, 0.25) is 0 Å². The van der Waals surface area contributed by atoms with Gasteiger partial charge in [0, 0.05) is 56.4 Å². The number of aryl methyl sites for hydroxylation is 1. The molecule has 1 aromatic carbocycles. The van der Waals surface area contributed by atoms with Gasteiger partial charge in [0.1, 0.15) is 0 Å². The van der Waals surface area contributed by atoms with Crippen LogP contribution in [-0.2, 0) is 11.3 Å². The molecule has 1 aliphatic rings. The third-order valence-corrected chi connectivity index (χ3v) is 5.94. The van der Waals surface area contributed by atoms with E-state index in [2.05, 4.69) is 14.9 Å². The van der Waals surface area contributed by atoms with E-state index in [1.807, 2.05) is 55.5 Å². The highest BCUT2D eigenvalue weighted by Crippen LogP contribution is 2.23. The first-order valence-electron chi connectivity index (χ1n) is 11.0. The minimum atomic E-state index is -5.08. The number of fused-ring (bicyclic) bond motifs is 1. The zero-order chi connectivity index (χ0) is 25.8. The molecule has 9 nitrogen and oxygen atoms in total. The molecule has 2 N–H and O–H groups in total. The molecule has 0 atom stereocenters. The molecule has 4 rings (SSSR count). The third-order valence-electron chi connectivity index (χ3n) is 5.94. The lowest BCUT2D eigenvalue weighted by molar-refractivity contribution is -0.192. The highest BCUT2D eigenvalue weighted by Gasteiger charge is 2.38. The van der Waals surface area contributed by atoms with Crippen LogP contribution in [-0.4, -0.2) is 68.8 Å². The number of carboxylic acids is 1. The lowest BCUT2D eigenvalue weighted by Crippen LogP contribution is -2.45. The van der Waals surface area contributed by atoms with E-state index in [9.17, 15) is 22.8 Å². The molecule has 12 heteroatoms. The summed E-state index contributed by atoms with van der Waals surface area (Å²) >= 11 is 0. The molecule has 3 heterocycles. The monoisotopic (exact) mass is 493 g/mol. The largest absolute Gasteiger partial charge is 0.490 e. The average Bonchev–Trinajstić information content (AvgIpc) is 3.17. The van der Waals surface area contributed by atoms with Crippen molar-refractivity contribution in [2.24, 2.45) is 0 Å².